The minimum atomic E-state index is 0.556. The molecule has 0 spiro atoms. The van der Waals surface area contributed by atoms with Gasteiger partial charge in [0.25, 0.3) is 0 Å². The molecule has 15 aromatic rings. The first-order valence-corrected chi connectivity index (χ1v) is 21.7. The van der Waals surface area contributed by atoms with Crippen LogP contribution in [0.4, 0.5) is 0 Å². The van der Waals surface area contributed by atoms with Gasteiger partial charge in [-0.05, 0) is 80.8 Å². The zero-order valence-corrected chi connectivity index (χ0v) is 34.1. The SMILES string of the molecule is c1ccc(-n2c3ccc4ccccc4c3c3c4ccccc4c4c5ccccc5n(-c5nc(-c6cc7oc8ccccc8c7c7ccccc67)c6oc7ccccc7c6n5)c4c32)cc1. The molecule has 5 heterocycles. The standard InChI is InChI=1S/C58H32N4O2/c1-2-17-34(18-3-1)61-45-31-30-33-16-4-5-19-35(33)51(45)52-39-23-9-8-22-38(39)50-40-24-10-13-27-44(40)62(55(50)56(52)61)58-59-53-42-26-12-15-29-47(42)64-57(53)54(60-58)43-32-48-49(37-21-7-6-20-36(37)43)41-25-11-14-28-46(41)63-48/h1-32H. The normalized spacial score (nSPS) is 12.4. The number of benzene rings is 10. The number of hydrogen-bond donors (Lipinski definition) is 0. The lowest BCUT2D eigenvalue weighted by Gasteiger charge is -2.14. The molecule has 0 aliphatic heterocycles. The molecule has 5 aromatic heterocycles. The zero-order chi connectivity index (χ0) is 41.6. The Morgan fingerprint density at radius 2 is 0.953 bits per heavy atom. The lowest BCUT2D eigenvalue weighted by Crippen LogP contribution is -2.04. The molecule has 0 aliphatic rings. The van der Waals surface area contributed by atoms with Crippen molar-refractivity contribution < 1.29 is 8.83 Å². The van der Waals surface area contributed by atoms with Crippen LogP contribution in [0, 0.1) is 0 Å². The molecule has 6 nitrogen and oxygen atoms in total. The molecule has 0 radical (unpaired) electrons. The monoisotopic (exact) mass is 816 g/mol. The highest BCUT2D eigenvalue weighted by molar-refractivity contribution is 6.39. The molecule has 15 rings (SSSR count). The smallest absolute Gasteiger partial charge is 0.236 e. The summed E-state index contributed by atoms with van der Waals surface area (Å²) in [6, 6.07) is 68.8. The van der Waals surface area contributed by atoms with Gasteiger partial charge in [0.05, 0.1) is 22.1 Å². The summed E-state index contributed by atoms with van der Waals surface area (Å²) >= 11 is 0. The van der Waals surface area contributed by atoms with Crippen molar-refractivity contribution in [3.63, 3.8) is 0 Å². The van der Waals surface area contributed by atoms with Crippen molar-refractivity contribution in [3.05, 3.63) is 194 Å². The van der Waals surface area contributed by atoms with Crippen molar-refractivity contribution in [3.8, 4) is 22.9 Å². The van der Waals surface area contributed by atoms with Gasteiger partial charge in [-0.2, -0.15) is 0 Å². The summed E-state index contributed by atoms with van der Waals surface area (Å²) in [6.45, 7) is 0. The van der Waals surface area contributed by atoms with Crippen LogP contribution >= 0.6 is 0 Å². The molecule has 10 aromatic carbocycles. The maximum atomic E-state index is 6.82. The highest BCUT2D eigenvalue weighted by Crippen LogP contribution is 2.49. The highest BCUT2D eigenvalue weighted by Gasteiger charge is 2.28. The third kappa shape index (κ3) is 4.38. The first-order chi connectivity index (χ1) is 31.8. The second-order valence-electron chi connectivity index (χ2n) is 16.8. The number of furan rings is 2. The van der Waals surface area contributed by atoms with Gasteiger partial charge in [0.15, 0.2) is 5.58 Å². The summed E-state index contributed by atoms with van der Waals surface area (Å²) in [7, 11) is 0. The second-order valence-corrected chi connectivity index (χ2v) is 16.8. The molecule has 296 valence electrons. The van der Waals surface area contributed by atoms with Crippen LogP contribution in [0.5, 0.6) is 0 Å². The zero-order valence-electron chi connectivity index (χ0n) is 34.1. The number of hydrogen-bond acceptors (Lipinski definition) is 4. The topological polar surface area (TPSA) is 61.9 Å². The first kappa shape index (κ1) is 33.9. The van der Waals surface area contributed by atoms with Gasteiger partial charge >= 0.3 is 0 Å². The van der Waals surface area contributed by atoms with Crippen LogP contribution in [0.1, 0.15) is 0 Å². The molecule has 6 heteroatoms. The van der Waals surface area contributed by atoms with E-state index in [0.717, 1.165) is 93.3 Å². The number of para-hydroxylation sites is 4. The molecule has 64 heavy (non-hydrogen) atoms. The fraction of sp³-hybridized carbons (Fsp3) is 0. The molecule has 0 bridgehead atoms. The van der Waals surface area contributed by atoms with E-state index in [1.54, 1.807) is 0 Å². The predicted molar refractivity (Wildman–Crippen MR) is 263 cm³/mol. The molecule has 0 saturated carbocycles. The Bertz CT molecular complexity index is 4490. The van der Waals surface area contributed by atoms with Gasteiger partial charge in [0.1, 0.15) is 28.0 Å². The van der Waals surface area contributed by atoms with Crippen molar-refractivity contribution in [1.82, 2.24) is 19.1 Å². The van der Waals surface area contributed by atoms with E-state index in [9.17, 15) is 0 Å². The summed E-state index contributed by atoms with van der Waals surface area (Å²) in [5.41, 5.74) is 10.8. The van der Waals surface area contributed by atoms with E-state index >= 15 is 0 Å². The molecule has 0 atom stereocenters. The van der Waals surface area contributed by atoms with Crippen molar-refractivity contribution in [2.75, 3.05) is 0 Å². The van der Waals surface area contributed by atoms with Crippen LogP contribution in [-0.2, 0) is 0 Å². The number of aromatic nitrogens is 4. The van der Waals surface area contributed by atoms with E-state index in [2.05, 4.69) is 173 Å². The molecule has 0 unspecified atom stereocenters. The van der Waals surface area contributed by atoms with Crippen molar-refractivity contribution >= 4 is 120 Å². The Morgan fingerprint density at radius 1 is 0.359 bits per heavy atom. The van der Waals surface area contributed by atoms with Crippen molar-refractivity contribution in [2.24, 2.45) is 0 Å². The van der Waals surface area contributed by atoms with Gasteiger partial charge in [-0.25, -0.2) is 9.97 Å². The Morgan fingerprint density at radius 3 is 1.75 bits per heavy atom. The average Bonchev–Trinajstić information content (AvgIpc) is 4.12. The van der Waals surface area contributed by atoms with E-state index in [4.69, 9.17) is 18.8 Å². The van der Waals surface area contributed by atoms with Crippen LogP contribution < -0.4 is 0 Å². The molecule has 0 aliphatic carbocycles. The molecule has 0 N–H and O–H groups in total. The van der Waals surface area contributed by atoms with Crippen molar-refractivity contribution in [2.45, 2.75) is 0 Å². The summed E-state index contributed by atoms with van der Waals surface area (Å²) in [5, 5.41) is 14.7. The molecule has 0 fully saturated rings. The molecule has 0 amide bonds. The van der Waals surface area contributed by atoms with E-state index in [0.29, 0.717) is 17.2 Å². The summed E-state index contributed by atoms with van der Waals surface area (Å²) in [4.78, 5) is 11.3. The van der Waals surface area contributed by atoms with E-state index < -0.39 is 0 Å². The largest absolute Gasteiger partial charge is 0.456 e. The van der Waals surface area contributed by atoms with Crippen LogP contribution in [0.2, 0.25) is 0 Å². The molecular weight excluding hydrogens is 785 g/mol. The van der Waals surface area contributed by atoms with Gasteiger partial charge in [0, 0.05) is 49.0 Å². The van der Waals surface area contributed by atoms with Gasteiger partial charge in [-0.1, -0.05) is 146 Å². The molecular formula is C58H32N4O2. The lowest BCUT2D eigenvalue weighted by atomic mass is 9.96. The summed E-state index contributed by atoms with van der Waals surface area (Å²) in [5.74, 6) is 0.556. The Kier molecular flexibility index (Phi) is 6.59. The van der Waals surface area contributed by atoms with E-state index in [1.165, 1.54) is 32.3 Å². The number of fused-ring (bicyclic) bond motifs is 20. The number of nitrogens with zero attached hydrogens (tertiary/aromatic N) is 4. The van der Waals surface area contributed by atoms with Crippen LogP contribution in [-0.4, -0.2) is 19.1 Å². The minimum Gasteiger partial charge on any atom is -0.456 e. The fourth-order valence-electron chi connectivity index (χ4n) is 10.9. The highest BCUT2D eigenvalue weighted by atomic mass is 16.3. The van der Waals surface area contributed by atoms with Crippen LogP contribution in [0.3, 0.4) is 0 Å². The van der Waals surface area contributed by atoms with Crippen LogP contribution in [0.15, 0.2) is 203 Å². The first-order valence-electron chi connectivity index (χ1n) is 21.7. The Hall–Kier alpha value is -8.74. The van der Waals surface area contributed by atoms with Crippen molar-refractivity contribution in [1.29, 1.82) is 0 Å². The third-order valence-corrected chi connectivity index (χ3v) is 13.5. The quantitative estimate of drug-likeness (QED) is 0.178. The third-order valence-electron chi connectivity index (χ3n) is 13.5. The van der Waals surface area contributed by atoms with Crippen LogP contribution in [0.25, 0.3) is 143 Å². The average molecular weight is 817 g/mol. The fourth-order valence-corrected chi connectivity index (χ4v) is 10.9. The Labute approximate surface area is 363 Å². The Balaban J connectivity index is 1.18. The van der Waals surface area contributed by atoms with E-state index in [1.807, 2.05) is 30.3 Å². The van der Waals surface area contributed by atoms with Gasteiger partial charge in [-0.15, -0.1) is 0 Å². The lowest BCUT2D eigenvalue weighted by molar-refractivity contribution is 0.666. The van der Waals surface area contributed by atoms with E-state index in [-0.39, 0.29) is 0 Å². The summed E-state index contributed by atoms with van der Waals surface area (Å²) in [6.07, 6.45) is 0. The maximum Gasteiger partial charge on any atom is 0.236 e. The molecule has 0 saturated heterocycles. The predicted octanol–water partition coefficient (Wildman–Crippen LogP) is 15.6. The second kappa shape index (κ2) is 12.4. The van der Waals surface area contributed by atoms with Gasteiger partial charge < -0.3 is 13.4 Å². The number of rotatable bonds is 3. The van der Waals surface area contributed by atoms with Gasteiger partial charge in [0.2, 0.25) is 5.95 Å². The summed E-state index contributed by atoms with van der Waals surface area (Å²) < 4.78 is 18.2. The van der Waals surface area contributed by atoms with Gasteiger partial charge in [-0.3, -0.25) is 4.57 Å². The minimum absolute atomic E-state index is 0.556. The maximum absolute atomic E-state index is 6.82.